The molecule has 9 heteroatoms. The first kappa shape index (κ1) is 25.1. The Bertz CT molecular complexity index is 1170. The number of carbonyl (C=O) groups is 5. The van der Waals surface area contributed by atoms with E-state index in [0.29, 0.717) is 29.3 Å². The summed E-state index contributed by atoms with van der Waals surface area (Å²) in [5, 5.41) is 2.58. The van der Waals surface area contributed by atoms with Crippen LogP contribution in [0.1, 0.15) is 53.8 Å². The molecule has 0 aromatic heterocycles. The van der Waals surface area contributed by atoms with Gasteiger partial charge in [0.1, 0.15) is 0 Å². The number of nitrogens with zero attached hydrogens (tertiary/aromatic N) is 1. The third-order valence-electron chi connectivity index (χ3n) is 6.56. The van der Waals surface area contributed by atoms with E-state index in [1.807, 2.05) is 0 Å². The average Bonchev–Trinajstić information content (AvgIpc) is 3.12. The lowest BCUT2D eigenvalue weighted by Gasteiger charge is -2.25. The predicted octanol–water partition coefficient (Wildman–Crippen LogP) is 3.58. The number of amides is 3. The first-order chi connectivity index (χ1) is 17.3. The van der Waals surface area contributed by atoms with E-state index < -0.39 is 24.5 Å². The normalized spacial score (nSPS) is 21.1. The Morgan fingerprint density at radius 2 is 1.44 bits per heavy atom. The fourth-order valence-electron chi connectivity index (χ4n) is 4.71. The van der Waals surface area contributed by atoms with E-state index in [1.165, 1.54) is 29.2 Å². The molecule has 0 radical (unpaired) electrons. The third kappa shape index (κ3) is 5.30. The van der Waals surface area contributed by atoms with Crippen LogP contribution in [0.25, 0.3) is 0 Å². The van der Waals surface area contributed by atoms with Gasteiger partial charge >= 0.3 is 11.9 Å². The molecule has 188 valence electrons. The number of nitrogens with one attached hydrogen (secondary N) is 1. The minimum atomic E-state index is -0.712. The van der Waals surface area contributed by atoms with Gasteiger partial charge in [0.05, 0.1) is 35.3 Å². The van der Waals surface area contributed by atoms with Crippen molar-refractivity contribution in [3.05, 3.63) is 59.7 Å². The van der Waals surface area contributed by atoms with Crippen LogP contribution in [-0.4, -0.2) is 42.9 Å². The number of fused-ring (bicyclic) bond motifs is 1. The minimum Gasteiger partial charge on any atom is -0.462 e. The highest BCUT2D eigenvalue weighted by atomic mass is 16.5. The third-order valence-corrected chi connectivity index (χ3v) is 6.56. The van der Waals surface area contributed by atoms with Crippen LogP contribution in [0.3, 0.4) is 0 Å². The highest BCUT2D eigenvalue weighted by Gasteiger charge is 2.49. The van der Waals surface area contributed by atoms with Crippen LogP contribution in [0.2, 0.25) is 0 Å². The van der Waals surface area contributed by atoms with E-state index in [-0.39, 0.29) is 35.8 Å². The molecular formula is C27H28N2O7. The van der Waals surface area contributed by atoms with Crippen molar-refractivity contribution in [2.24, 2.45) is 17.8 Å². The molecule has 0 spiro atoms. The number of ether oxygens (including phenoxy) is 2. The maximum absolute atomic E-state index is 12.9. The zero-order chi connectivity index (χ0) is 25.8. The fraction of sp³-hybridized carbons (Fsp3) is 0.370. The van der Waals surface area contributed by atoms with Crippen LogP contribution >= 0.6 is 0 Å². The molecule has 1 aliphatic carbocycles. The van der Waals surface area contributed by atoms with Crippen molar-refractivity contribution in [3.63, 3.8) is 0 Å². The summed E-state index contributed by atoms with van der Waals surface area (Å²) in [5.41, 5.74) is 1.40. The maximum Gasteiger partial charge on any atom is 0.338 e. The molecule has 3 amide bonds. The summed E-state index contributed by atoms with van der Waals surface area (Å²) in [6, 6.07) is 12.1. The van der Waals surface area contributed by atoms with Gasteiger partial charge in [-0.3, -0.25) is 19.3 Å². The summed E-state index contributed by atoms with van der Waals surface area (Å²) >= 11 is 0. The van der Waals surface area contributed by atoms with Gasteiger partial charge in [-0.05, 0) is 80.6 Å². The van der Waals surface area contributed by atoms with Crippen molar-refractivity contribution >= 4 is 41.0 Å². The van der Waals surface area contributed by atoms with Crippen LogP contribution in [0.4, 0.5) is 11.4 Å². The van der Waals surface area contributed by atoms with E-state index in [4.69, 9.17) is 9.47 Å². The summed E-state index contributed by atoms with van der Waals surface area (Å²) in [6.45, 7) is 3.56. The molecule has 1 heterocycles. The summed E-state index contributed by atoms with van der Waals surface area (Å²) < 4.78 is 9.99. The predicted molar refractivity (Wildman–Crippen MR) is 130 cm³/mol. The van der Waals surface area contributed by atoms with Gasteiger partial charge < -0.3 is 14.8 Å². The lowest BCUT2D eigenvalue weighted by Crippen LogP contribution is -2.30. The number of carbonyl (C=O) groups excluding carboxylic acids is 5. The zero-order valence-electron chi connectivity index (χ0n) is 20.2. The Morgan fingerprint density at radius 1 is 0.861 bits per heavy atom. The molecule has 36 heavy (non-hydrogen) atoms. The first-order valence-corrected chi connectivity index (χ1v) is 12.0. The number of benzene rings is 2. The van der Waals surface area contributed by atoms with Gasteiger partial charge in [0.15, 0.2) is 6.61 Å². The van der Waals surface area contributed by atoms with Gasteiger partial charge in [0.25, 0.3) is 5.91 Å². The van der Waals surface area contributed by atoms with Crippen LogP contribution in [0.5, 0.6) is 0 Å². The van der Waals surface area contributed by atoms with Crippen LogP contribution in [0, 0.1) is 17.8 Å². The van der Waals surface area contributed by atoms with E-state index >= 15 is 0 Å². The molecule has 1 N–H and O–H groups in total. The lowest BCUT2D eigenvalue weighted by atomic mass is 9.76. The molecule has 1 saturated heterocycles. The number of esters is 2. The van der Waals surface area contributed by atoms with Crippen molar-refractivity contribution in [3.8, 4) is 0 Å². The van der Waals surface area contributed by atoms with E-state index in [9.17, 15) is 24.0 Å². The van der Waals surface area contributed by atoms with Gasteiger partial charge in [-0.25, -0.2) is 9.59 Å². The molecule has 2 fully saturated rings. The molecule has 2 aromatic rings. The number of imide groups is 1. The van der Waals surface area contributed by atoms with Crippen LogP contribution in [-0.2, 0) is 23.9 Å². The summed E-state index contributed by atoms with van der Waals surface area (Å²) in [4.78, 5) is 63.2. The second-order valence-corrected chi connectivity index (χ2v) is 9.11. The highest BCUT2D eigenvalue weighted by Crippen LogP contribution is 2.42. The Kier molecular flexibility index (Phi) is 7.47. The smallest absolute Gasteiger partial charge is 0.338 e. The number of hydrogen-bond donors (Lipinski definition) is 1. The zero-order valence-corrected chi connectivity index (χ0v) is 20.2. The van der Waals surface area contributed by atoms with Gasteiger partial charge in [-0.2, -0.15) is 0 Å². The highest BCUT2D eigenvalue weighted by molar-refractivity contribution is 6.22. The molecule has 1 aliphatic heterocycles. The minimum absolute atomic E-state index is 0.181. The number of anilines is 2. The maximum atomic E-state index is 12.9. The standard InChI is InChI=1S/C27H28N2O7/c1-3-35-26(33)17-5-9-19(10-6-17)28-23(30)15-36-27(34)18-7-11-20(12-8-18)29-24(31)21-13-4-16(2)14-22(21)25(29)32/h5-12,16,21-22H,3-4,13-15H2,1-2H3,(H,28,30)/t16-,21-,22+/m1/s1. The molecule has 1 saturated carbocycles. The van der Waals surface area contributed by atoms with Gasteiger partial charge in [-0.1, -0.05) is 6.92 Å². The van der Waals surface area contributed by atoms with E-state index in [2.05, 4.69) is 12.2 Å². The molecule has 0 bridgehead atoms. The van der Waals surface area contributed by atoms with Crippen LogP contribution < -0.4 is 10.2 Å². The van der Waals surface area contributed by atoms with E-state index in [1.54, 1.807) is 31.2 Å². The lowest BCUT2D eigenvalue weighted by molar-refractivity contribution is -0.122. The van der Waals surface area contributed by atoms with Crippen molar-refractivity contribution in [2.75, 3.05) is 23.4 Å². The molecule has 0 unspecified atom stereocenters. The Morgan fingerprint density at radius 3 is 2.08 bits per heavy atom. The summed E-state index contributed by atoms with van der Waals surface area (Å²) in [5.74, 6) is -2.20. The molecule has 2 aromatic carbocycles. The SMILES string of the molecule is CCOC(=O)c1ccc(NC(=O)COC(=O)c2ccc(N3C(=O)[C@H]4C[C@H](C)CC[C@H]4C3=O)cc2)cc1. The Hall–Kier alpha value is -4.01. The largest absolute Gasteiger partial charge is 0.462 e. The monoisotopic (exact) mass is 492 g/mol. The molecule has 4 rings (SSSR count). The van der Waals surface area contributed by atoms with Crippen molar-refractivity contribution < 1.29 is 33.4 Å². The van der Waals surface area contributed by atoms with Gasteiger partial charge in [0.2, 0.25) is 11.8 Å². The Labute approximate surface area is 208 Å². The molecular weight excluding hydrogens is 464 g/mol. The molecule has 2 aliphatic rings. The summed E-state index contributed by atoms with van der Waals surface area (Å²) in [6.07, 6.45) is 2.37. The first-order valence-electron chi connectivity index (χ1n) is 12.0. The second-order valence-electron chi connectivity index (χ2n) is 9.11. The quantitative estimate of drug-likeness (QED) is 0.463. The average molecular weight is 493 g/mol. The van der Waals surface area contributed by atoms with E-state index in [0.717, 1.165) is 12.8 Å². The second kappa shape index (κ2) is 10.7. The van der Waals surface area contributed by atoms with Gasteiger partial charge in [0, 0.05) is 5.69 Å². The molecule has 3 atom stereocenters. The molecule has 9 nitrogen and oxygen atoms in total. The fourth-order valence-corrected chi connectivity index (χ4v) is 4.71. The van der Waals surface area contributed by atoms with Crippen molar-refractivity contribution in [1.82, 2.24) is 0 Å². The van der Waals surface area contributed by atoms with Crippen LogP contribution in [0.15, 0.2) is 48.5 Å². The topological polar surface area (TPSA) is 119 Å². The van der Waals surface area contributed by atoms with Gasteiger partial charge in [-0.15, -0.1) is 0 Å². The van der Waals surface area contributed by atoms with Crippen molar-refractivity contribution in [1.29, 1.82) is 0 Å². The number of hydrogen-bond acceptors (Lipinski definition) is 7. The Balaban J connectivity index is 1.31. The van der Waals surface area contributed by atoms with Crippen molar-refractivity contribution in [2.45, 2.75) is 33.1 Å². The summed E-state index contributed by atoms with van der Waals surface area (Å²) in [7, 11) is 0. The number of rotatable bonds is 7.